The van der Waals surface area contributed by atoms with Crippen molar-refractivity contribution in [3.05, 3.63) is 89.3 Å². The zero-order chi connectivity index (χ0) is 21.6. The van der Waals surface area contributed by atoms with Crippen molar-refractivity contribution in [1.82, 2.24) is 4.98 Å². The number of carbonyl (C=O) groups excluding carboxylic acids is 1. The highest BCUT2D eigenvalue weighted by Crippen LogP contribution is 2.32. The number of carbonyl (C=O) groups is 1. The van der Waals surface area contributed by atoms with Gasteiger partial charge in [-0.05, 0) is 68.4 Å². The second-order valence-electron chi connectivity index (χ2n) is 6.78. The fourth-order valence-electron chi connectivity index (χ4n) is 3.09. The number of hydrogen-bond donors (Lipinski definition) is 1. The van der Waals surface area contributed by atoms with Crippen LogP contribution in [0.2, 0.25) is 0 Å². The summed E-state index contributed by atoms with van der Waals surface area (Å²) in [7, 11) is 0. The highest BCUT2D eigenvalue weighted by Gasteiger charge is 2.14. The third-order valence-corrected chi connectivity index (χ3v) is 5.42. The lowest BCUT2D eigenvalue weighted by Gasteiger charge is -2.07. The van der Waals surface area contributed by atoms with Crippen molar-refractivity contribution in [2.24, 2.45) is 0 Å². The number of rotatable bonds is 7. The minimum atomic E-state index is -0.231. The van der Waals surface area contributed by atoms with Gasteiger partial charge in [-0.2, -0.15) is 0 Å². The van der Waals surface area contributed by atoms with Crippen LogP contribution in [0, 0.1) is 6.92 Å². The van der Waals surface area contributed by atoms with Gasteiger partial charge in [0.05, 0.1) is 12.3 Å². The van der Waals surface area contributed by atoms with E-state index in [9.17, 15) is 4.79 Å². The van der Waals surface area contributed by atoms with Crippen molar-refractivity contribution >= 4 is 22.4 Å². The fraction of sp³-hybridized carbons (Fsp3) is 0.120. The maximum Gasteiger partial charge on any atom is 0.257 e. The molecule has 0 aliphatic heterocycles. The largest absolute Gasteiger partial charge is 0.494 e. The van der Waals surface area contributed by atoms with Gasteiger partial charge in [0, 0.05) is 16.0 Å². The number of hydrogen-bond acceptors (Lipinski definition) is 5. The van der Waals surface area contributed by atoms with E-state index in [0.29, 0.717) is 23.1 Å². The van der Waals surface area contributed by atoms with Gasteiger partial charge >= 0.3 is 0 Å². The normalized spacial score (nSPS) is 10.5. The summed E-state index contributed by atoms with van der Waals surface area (Å²) in [5.74, 6) is 1.91. The second-order valence-corrected chi connectivity index (χ2v) is 7.98. The zero-order valence-corrected chi connectivity index (χ0v) is 18.1. The molecule has 1 heterocycles. The van der Waals surface area contributed by atoms with Crippen LogP contribution in [0.25, 0.3) is 11.3 Å². The highest BCUT2D eigenvalue weighted by atomic mass is 32.1. The van der Waals surface area contributed by atoms with Crippen LogP contribution in [-0.4, -0.2) is 17.5 Å². The Morgan fingerprint density at radius 3 is 2.42 bits per heavy atom. The first-order chi connectivity index (χ1) is 15.1. The molecular formula is C25H22N2O3S. The van der Waals surface area contributed by atoms with E-state index in [0.717, 1.165) is 27.6 Å². The van der Waals surface area contributed by atoms with Crippen LogP contribution in [0.4, 0.5) is 5.13 Å². The van der Waals surface area contributed by atoms with Gasteiger partial charge in [-0.1, -0.05) is 24.3 Å². The van der Waals surface area contributed by atoms with E-state index in [1.807, 2.05) is 74.5 Å². The van der Waals surface area contributed by atoms with Crippen molar-refractivity contribution < 1.29 is 14.3 Å². The third kappa shape index (κ3) is 5.10. The van der Waals surface area contributed by atoms with Crippen LogP contribution in [0.15, 0.2) is 78.9 Å². The molecule has 1 N–H and O–H groups in total. The summed E-state index contributed by atoms with van der Waals surface area (Å²) < 4.78 is 11.3. The number of aromatic nitrogens is 1. The van der Waals surface area contributed by atoms with Crippen molar-refractivity contribution in [3.63, 3.8) is 0 Å². The van der Waals surface area contributed by atoms with E-state index >= 15 is 0 Å². The molecule has 1 aromatic heterocycles. The Kier molecular flexibility index (Phi) is 6.29. The number of thiazole rings is 1. The van der Waals surface area contributed by atoms with Gasteiger partial charge in [0.1, 0.15) is 17.2 Å². The van der Waals surface area contributed by atoms with E-state index in [1.54, 1.807) is 18.2 Å². The molecule has 3 aromatic carbocycles. The molecule has 0 fully saturated rings. The average Bonchev–Trinajstić information content (AvgIpc) is 3.15. The van der Waals surface area contributed by atoms with Gasteiger partial charge in [-0.15, -0.1) is 11.3 Å². The van der Waals surface area contributed by atoms with Crippen molar-refractivity contribution in [2.45, 2.75) is 13.8 Å². The molecule has 0 bridgehead atoms. The number of anilines is 1. The minimum Gasteiger partial charge on any atom is -0.494 e. The topological polar surface area (TPSA) is 60.5 Å². The van der Waals surface area contributed by atoms with Crippen molar-refractivity contribution in [3.8, 4) is 28.5 Å². The maximum atomic E-state index is 12.8. The number of nitrogens with one attached hydrogen (secondary N) is 1. The molecule has 6 heteroatoms. The number of amides is 1. The van der Waals surface area contributed by atoms with E-state index < -0.39 is 0 Å². The summed E-state index contributed by atoms with van der Waals surface area (Å²) in [6.45, 7) is 4.58. The molecule has 4 aromatic rings. The van der Waals surface area contributed by atoms with Crippen LogP contribution in [-0.2, 0) is 0 Å². The maximum absolute atomic E-state index is 12.8. The average molecular weight is 431 g/mol. The number of para-hydroxylation sites is 1. The Balaban J connectivity index is 1.48. The quantitative estimate of drug-likeness (QED) is 0.361. The van der Waals surface area contributed by atoms with E-state index in [2.05, 4.69) is 10.3 Å². The summed E-state index contributed by atoms with van der Waals surface area (Å²) in [5, 5.41) is 3.46. The molecule has 31 heavy (non-hydrogen) atoms. The Labute approximate surface area is 185 Å². The molecule has 156 valence electrons. The molecule has 0 aliphatic carbocycles. The minimum absolute atomic E-state index is 0.231. The van der Waals surface area contributed by atoms with Crippen LogP contribution in [0.1, 0.15) is 22.2 Å². The van der Waals surface area contributed by atoms with Crippen LogP contribution in [0.5, 0.6) is 17.2 Å². The molecule has 0 saturated carbocycles. The summed E-state index contributed by atoms with van der Waals surface area (Å²) >= 11 is 1.45. The van der Waals surface area contributed by atoms with Crippen molar-refractivity contribution in [2.75, 3.05) is 11.9 Å². The van der Waals surface area contributed by atoms with Gasteiger partial charge < -0.3 is 9.47 Å². The number of nitrogens with zero attached hydrogens (tertiary/aromatic N) is 1. The Bertz CT molecular complexity index is 1170. The second kappa shape index (κ2) is 9.45. The molecule has 0 aliphatic rings. The van der Waals surface area contributed by atoms with Crippen LogP contribution >= 0.6 is 11.3 Å². The van der Waals surface area contributed by atoms with E-state index in [1.165, 1.54) is 11.3 Å². The Morgan fingerprint density at radius 2 is 1.68 bits per heavy atom. The van der Waals surface area contributed by atoms with Gasteiger partial charge in [0.25, 0.3) is 5.91 Å². The van der Waals surface area contributed by atoms with Gasteiger partial charge in [0.15, 0.2) is 5.13 Å². The molecule has 0 spiro atoms. The number of aryl methyl sites for hydroxylation is 1. The first kappa shape index (κ1) is 20.6. The first-order valence-electron chi connectivity index (χ1n) is 9.97. The van der Waals surface area contributed by atoms with Crippen molar-refractivity contribution in [1.29, 1.82) is 0 Å². The SMILES string of the molecule is CCOc1ccc(-c2nc(NC(=O)c3cccc(Oc4ccccc4)c3)sc2C)cc1. The number of ether oxygens (including phenoxy) is 2. The van der Waals surface area contributed by atoms with Crippen LogP contribution in [0.3, 0.4) is 0 Å². The lowest BCUT2D eigenvalue weighted by atomic mass is 10.1. The summed E-state index contributed by atoms with van der Waals surface area (Å²) in [4.78, 5) is 18.4. The van der Waals surface area contributed by atoms with Crippen LogP contribution < -0.4 is 14.8 Å². The van der Waals surface area contributed by atoms with Gasteiger partial charge in [-0.3, -0.25) is 10.1 Å². The predicted molar refractivity (Wildman–Crippen MR) is 124 cm³/mol. The molecule has 0 radical (unpaired) electrons. The zero-order valence-electron chi connectivity index (χ0n) is 17.3. The first-order valence-corrected chi connectivity index (χ1v) is 10.8. The standard InChI is InChI=1S/C25H22N2O3S/c1-3-29-20-14-12-18(13-15-20)23-17(2)31-25(26-23)27-24(28)19-8-7-11-22(16-19)30-21-9-5-4-6-10-21/h4-16H,3H2,1-2H3,(H,26,27,28). The Morgan fingerprint density at radius 1 is 0.935 bits per heavy atom. The number of benzene rings is 3. The molecule has 0 saturated heterocycles. The molecule has 1 amide bonds. The van der Waals surface area contributed by atoms with E-state index in [4.69, 9.17) is 9.47 Å². The smallest absolute Gasteiger partial charge is 0.257 e. The van der Waals surface area contributed by atoms with Gasteiger partial charge in [-0.25, -0.2) is 4.98 Å². The van der Waals surface area contributed by atoms with E-state index in [-0.39, 0.29) is 5.91 Å². The molecular weight excluding hydrogens is 408 g/mol. The summed E-state index contributed by atoms with van der Waals surface area (Å²) in [5.41, 5.74) is 2.34. The third-order valence-electron chi connectivity index (χ3n) is 4.53. The monoisotopic (exact) mass is 430 g/mol. The molecule has 0 atom stereocenters. The predicted octanol–water partition coefficient (Wildman–Crippen LogP) is 6.56. The van der Waals surface area contributed by atoms with Gasteiger partial charge in [0.2, 0.25) is 0 Å². The molecule has 5 nitrogen and oxygen atoms in total. The molecule has 0 unspecified atom stereocenters. The summed E-state index contributed by atoms with van der Waals surface area (Å²) in [6, 6.07) is 24.4. The lowest BCUT2D eigenvalue weighted by molar-refractivity contribution is 0.102. The highest BCUT2D eigenvalue weighted by molar-refractivity contribution is 7.16. The lowest BCUT2D eigenvalue weighted by Crippen LogP contribution is -2.11. The fourth-order valence-corrected chi connectivity index (χ4v) is 3.92. The summed E-state index contributed by atoms with van der Waals surface area (Å²) in [6.07, 6.45) is 0. The molecule has 4 rings (SSSR count). The Hall–Kier alpha value is -3.64.